The van der Waals surface area contributed by atoms with E-state index in [4.69, 9.17) is 5.11 Å². The van der Waals surface area contributed by atoms with Crippen molar-refractivity contribution in [3.63, 3.8) is 0 Å². The van der Waals surface area contributed by atoms with Crippen LogP contribution in [0.3, 0.4) is 0 Å². The first kappa shape index (κ1) is 15.3. The molecule has 2 rings (SSSR count). The van der Waals surface area contributed by atoms with Crippen molar-refractivity contribution in [2.24, 2.45) is 0 Å². The molecule has 1 saturated carbocycles. The maximum absolute atomic E-state index is 12.6. The Hall–Kier alpha value is -2.11. The van der Waals surface area contributed by atoms with Gasteiger partial charge in [-0.15, -0.1) is 0 Å². The van der Waals surface area contributed by atoms with Gasteiger partial charge >= 0.3 is 5.97 Å². The third kappa shape index (κ3) is 3.71. The van der Waals surface area contributed by atoms with Crippen LogP contribution in [-0.2, 0) is 4.79 Å². The average molecular weight is 291 g/mol. The second kappa shape index (κ2) is 6.56. The van der Waals surface area contributed by atoms with E-state index in [-0.39, 0.29) is 18.5 Å². The largest absolute Gasteiger partial charge is 0.480 e. The molecule has 1 fully saturated rings. The predicted molar refractivity (Wildman–Crippen MR) is 79.5 cm³/mol. The van der Waals surface area contributed by atoms with Crippen LogP contribution in [0.25, 0.3) is 0 Å². The summed E-state index contributed by atoms with van der Waals surface area (Å²) in [6.45, 7) is -0.251. The maximum Gasteiger partial charge on any atom is 0.323 e. The molecule has 0 aliphatic heterocycles. The van der Waals surface area contributed by atoms with Gasteiger partial charge < -0.3 is 14.9 Å². The van der Waals surface area contributed by atoms with E-state index in [1.165, 1.54) is 11.1 Å². The summed E-state index contributed by atoms with van der Waals surface area (Å²) in [6, 6.07) is 3.50. The van der Waals surface area contributed by atoms with Gasteiger partial charge in [-0.3, -0.25) is 9.59 Å². The van der Waals surface area contributed by atoms with Gasteiger partial charge in [-0.05, 0) is 25.0 Å². The van der Waals surface area contributed by atoms with Crippen molar-refractivity contribution in [1.29, 1.82) is 0 Å². The number of carboxylic acid groups (broad SMARTS) is 1. The van der Waals surface area contributed by atoms with Crippen molar-refractivity contribution in [3.05, 3.63) is 23.9 Å². The molecule has 0 spiro atoms. The highest BCUT2D eigenvalue weighted by Crippen LogP contribution is 2.25. The van der Waals surface area contributed by atoms with Crippen LogP contribution in [0.2, 0.25) is 0 Å². The zero-order valence-electron chi connectivity index (χ0n) is 12.5. The molecule has 0 radical (unpaired) electrons. The molecular formula is C15H21N3O3. The Bertz CT molecular complexity index is 507. The van der Waals surface area contributed by atoms with Gasteiger partial charge in [0, 0.05) is 26.3 Å². The summed E-state index contributed by atoms with van der Waals surface area (Å²) in [7, 11) is 3.75. The number of carbonyl (C=O) groups is 2. The van der Waals surface area contributed by atoms with Crippen molar-refractivity contribution in [2.45, 2.75) is 31.7 Å². The fourth-order valence-electron chi connectivity index (χ4n) is 2.67. The Kier molecular flexibility index (Phi) is 4.77. The minimum Gasteiger partial charge on any atom is -0.480 e. The van der Waals surface area contributed by atoms with Crippen molar-refractivity contribution in [2.75, 3.05) is 25.5 Å². The Balaban J connectivity index is 2.18. The smallest absolute Gasteiger partial charge is 0.323 e. The first-order chi connectivity index (χ1) is 9.99. The number of rotatable bonds is 5. The molecule has 6 heteroatoms. The van der Waals surface area contributed by atoms with Crippen molar-refractivity contribution >= 4 is 17.7 Å². The number of pyridine rings is 1. The average Bonchev–Trinajstić information content (AvgIpc) is 2.98. The van der Waals surface area contributed by atoms with Gasteiger partial charge in [-0.2, -0.15) is 0 Å². The third-order valence-electron chi connectivity index (χ3n) is 3.78. The lowest BCUT2D eigenvalue weighted by Crippen LogP contribution is -2.42. The van der Waals surface area contributed by atoms with Gasteiger partial charge in [0.25, 0.3) is 5.91 Å². The highest BCUT2D eigenvalue weighted by atomic mass is 16.4. The van der Waals surface area contributed by atoms with Gasteiger partial charge in [-0.1, -0.05) is 12.8 Å². The molecular weight excluding hydrogens is 270 g/mol. The fourth-order valence-corrected chi connectivity index (χ4v) is 2.67. The van der Waals surface area contributed by atoms with Crippen LogP contribution < -0.4 is 4.90 Å². The molecule has 0 atom stereocenters. The number of carbonyl (C=O) groups excluding carboxylic acids is 1. The van der Waals surface area contributed by atoms with Gasteiger partial charge in [-0.25, -0.2) is 4.98 Å². The van der Waals surface area contributed by atoms with E-state index >= 15 is 0 Å². The molecule has 1 heterocycles. The van der Waals surface area contributed by atoms with Crippen LogP contribution in [0.4, 0.5) is 5.82 Å². The highest BCUT2D eigenvalue weighted by molar-refractivity contribution is 5.96. The predicted octanol–water partition coefficient (Wildman–Crippen LogP) is 1.62. The number of aliphatic carboxylic acids is 1. The van der Waals surface area contributed by atoms with E-state index in [9.17, 15) is 9.59 Å². The minimum atomic E-state index is -0.979. The molecule has 1 amide bonds. The molecule has 0 saturated heterocycles. The minimum absolute atomic E-state index is 0.0297. The molecule has 0 unspecified atom stereocenters. The topological polar surface area (TPSA) is 73.7 Å². The first-order valence-corrected chi connectivity index (χ1v) is 7.15. The summed E-state index contributed by atoms with van der Waals surface area (Å²) in [5.41, 5.74) is 0.439. The quantitative estimate of drug-likeness (QED) is 0.892. The molecule has 1 N–H and O–H groups in total. The summed E-state index contributed by atoms with van der Waals surface area (Å²) in [5.74, 6) is -0.465. The zero-order valence-corrected chi connectivity index (χ0v) is 12.5. The molecule has 0 aromatic carbocycles. The van der Waals surface area contributed by atoms with Crippen molar-refractivity contribution in [3.8, 4) is 0 Å². The SMILES string of the molecule is CN(C)c1ccc(C(=O)N(CC(=O)O)C2CCCC2)cn1. The Labute approximate surface area is 124 Å². The van der Waals surface area contributed by atoms with E-state index in [1.807, 2.05) is 19.0 Å². The first-order valence-electron chi connectivity index (χ1n) is 7.15. The van der Waals surface area contributed by atoms with Crippen LogP contribution in [0, 0.1) is 0 Å². The standard InChI is InChI=1S/C15H21N3O3/c1-17(2)13-8-7-11(9-16-13)15(21)18(10-14(19)20)12-5-3-4-6-12/h7-9,12H,3-6,10H2,1-2H3,(H,19,20). The van der Waals surface area contributed by atoms with Gasteiger partial charge in [0.1, 0.15) is 12.4 Å². The fraction of sp³-hybridized carbons (Fsp3) is 0.533. The monoisotopic (exact) mass is 291 g/mol. The molecule has 1 aromatic rings. The number of carboxylic acids is 1. The van der Waals surface area contributed by atoms with Gasteiger partial charge in [0.2, 0.25) is 0 Å². The summed E-state index contributed by atoms with van der Waals surface area (Å²) < 4.78 is 0. The number of hydrogen-bond donors (Lipinski definition) is 1. The molecule has 21 heavy (non-hydrogen) atoms. The van der Waals surface area contributed by atoms with Crippen molar-refractivity contribution in [1.82, 2.24) is 9.88 Å². The highest BCUT2D eigenvalue weighted by Gasteiger charge is 2.29. The van der Waals surface area contributed by atoms with Crippen LogP contribution in [-0.4, -0.2) is 53.5 Å². The second-order valence-electron chi connectivity index (χ2n) is 5.56. The number of hydrogen-bond acceptors (Lipinski definition) is 4. The van der Waals surface area contributed by atoms with Crippen LogP contribution in [0.1, 0.15) is 36.0 Å². The van der Waals surface area contributed by atoms with Gasteiger partial charge in [0.05, 0.1) is 5.56 Å². The lowest BCUT2D eigenvalue weighted by atomic mass is 10.1. The van der Waals surface area contributed by atoms with Crippen LogP contribution >= 0.6 is 0 Å². The lowest BCUT2D eigenvalue weighted by Gasteiger charge is -2.27. The molecule has 6 nitrogen and oxygen atoms in total. The Morgan fingerprint density at radius 1 is 1.29 bits per heavy atom. The number of amides is 1. The lowest BCUT2D eigenvalue weighted by molar-refractivity contribution is -0.138. The molecule has 0 bridgehead atoms. The summed E-state index contributed by atoms with van der Waals surface area (Å²) in [6.07, 6.45) is 5.36. The Morgan fingerprint density at radius 3 is 2.43 bits per heavy atom. The van der Waals surface area contributed by atoms with Crippen molar-refractivity contribution < 1.29 is 14.7 Å². The summed E-state index contributed by atoms with van der Waals surface area (Å²) in [5, 5.41) is 9.04. The maximum atomic E-state index is 12.6. The van der Waals surface area contributed by atoms with E-state index in [0.717, 1.165) is 31.5 Å². The molecule has 1 aliphatic rings. The van der Waals surface area contributed by atoms with Gasteiger partial charge in [0.15, 0.2) is 0 Å². The molecule has 1 aliphatic carbocycles. The number of anilines is 1. The summed E-state index contributed by atoms with van der Waals surface area (Å²) >= 11 is 0. The number of nitrogens with zero attached hydrogens (tertiary/aromatic N) is 3. The van der Waals surface area contributed by atoms with E-state index in [2.05, 4.69) is 4.98 Å². The number of aromatic nitrogens is 1. The third-order valence-corrected chi connectivity index (χ3v) is 3.78. The van der Waals surface area contributed by atoms with Crippen LogP contribution in [0.15, 0.2) is 18.3 Å². The normalized spacial score (nSPS) is 15.0. The summed E-state index contributed by atoms with van der Waals surface area (Å²) in [4.78, 5) is 31.1. The Morgan fingerprint density at radius 2 is 1.95 bits per heavy atom. The second-order valence-corrected chi connectivity index (χ2v) is 5.56. The molecule has 1 aromatic heterocycles. The van der Waals surface area contributed by atoms with E-state index in [1.54, 1.807) is 12.1 Å². The van der Waals surface area contributed by atoms with Crippen LogP contribution in [0.5, 0.6) is 0 Å². The zero-order chi connectivity index (χ0) is 15.4. The molecule has 114 valence electrons. The van der Waals surface area contributed by atoms with E-state index < -0.39 is 5.97 Å². The van der Waals surface area contributed by atoms with E-state index in [0.29, 0.717) is 5.56 Å².